The number of hydrogen-bond donors (Lipinski definition) is 1. The third-order valence-electron chi connectivity index (χ3n) is 7.31. The van der Waals surface area contributed by atoms with Gasteiger partial charge in [0.2, 0.25) is 11.8 Å². The minimum Gasteiger partial charge on any atom is -0.478 e. The highest BCUT2D eigenvalue weighted by Crippen LogP contribution is 2.63. The van der Waals surface area contributed by atoms with Crippen LogP contribution in [0.25, 0.3) is 0 Å². The molecule has 3 aliphatic carbocycles. The molecule has 3 aromatic carbocycles. The van der Waals surface area contributed by atoms with Gasteiger partial charge in [-0.2, -0.15) is 0 Å². The summed E-state index contributed by atoms with van der Waals surface area (Å²) in [6.07, 6.45) is 0.803. The first-order chi connectivity index (χ1) is 15.9. The van der Waals surface area contributed by atoms with Crippen LogP contribution >= 0.6 is 11.6 Å². The number of amides is 2. The molecule has 1 heterocycles. The van der Waals surface area contributed by atoms with Crippen LogP contribution in [-0.2, 0) is 19.8 Å². The molecule has 1 saturated heterocycles. The van der Waals surface area contributed by atoms with Gasteiger partial charge in [0, 0.05) is 5.92 Å². The van der Waals surface area contributed by atoms with E-state index in [1.807, 2.05) is 48.5 Å². The topological polar surface area (TPSA) is 91.8 Å². The number of halogens is 1. The van der Waals surface area contributed by atoms with E-state index < -0.39 is 35.0 Å². The number of carboxylic acids is 1. The van der Waals surface area contributed by atoms with E-state index in [2.05, 4.69) is 0 Å². The SMILES string of the molecule is O=CC12c3ccccc3C(c3ccccc31)[C@H]1C(=O)N(c3ccc(Cl)c(C(=O)O)c3)C(=O)[C@@H]12. The lowest BCUT2D eigenvalue weighted by Crippen LogP contribution is -2.54. The highest BCUT2D eigenvalue weighted by molar-refractivity contribution is 6.34. The highest BCUT2D eigenvalue weighted by Gasteiger charge is 2.68. The zero-order valence-corrected chi connectivity index (χ0v) is 17.8. The Morgan fingerprint density at radius 1 is 0.939 bits per heavy atom. The third kappa shape index (κ3) is 2.28. The summed E-state index contributed by atoms with van der Waals surface area (Å²) in [5.74, 6) is -4.27. The predicted molar refractivity (Wildman–Crippen MR) is 119 cm³/mol. The van der Waals surface area contributed by atoms with Crippen molar-refractivity contribution in [3.05, 3.63) is 99.6 Å². The van der Waals surface area contributed by atoms with E-state index in [0.717, 1.165) is 33.4 Å². The van der Waals surface area contributed by atoms with Gasteiger partial charge in [-0.15, -0.1) is 0 Å². The Hall–Kier alpha value is -3.77. The average Bonchev–Trinajstić information content (AvgIpc) is 3.10. The summed E-state index contributed by atoms with van der Waals surface area (Å²) < 4.78 is 0. The van der Waals surface area contributed by atoms with Crippen molar-refractivity contribution in [2.75, 3.05) is 4.90 Å². The summed E-state index contributed by atoms with van der Waals surface area (Å²) in [5.41, 5.74) is 1.87. The maximum absolute atomic E-state index is 13.9. The van der Waals surface area contributed by atoms with Crippen LogP contribution in [0.1, 0.15) is 38.5 Å². The lowest BCUT2D eigenvalue weighted by Gasteiger charge is -2.51. The van der Waals surface area contributed by atoms with Crippen LogP contribution in [0.4, 0.5) is 5.69 Å². The molecule has 7 rings (SSSR count). The Labute approximate surface area is 193 Å². The molecule has 1 aliphatic heterocycles. The molecule has 0 aromatic heterocycles. The maximum Gasteiger partial charge on any atom is 0.337 e. The minimum atomic E-state index is -1.30. The number of benzene rings is 3. The van der Waals surface area contributed by atoms with Crippen LogP contribution in [-0.4, -0.2) is 29.2 Å². The Morgan fingerprint density at radius 2 is 1.55 bits per heavy atom. The molecule has 162 valence electrons. The van der Waals surface area contributed by atoms with E-state index in [1.165, 1.54) is 18.2 Å². The van der Waals surface area contributed by atoms with Crippen molar-refractivity contribution in [3.63, 3.8) is 0 Å². The first-order valence-corrected chi connectivity index (χ1v) is 10.9. The van der Waals surface area contributed by atoms with Gasteiger partial charge in [0.15, 0.2) is 0 Å². The Bertz CT molecular complexity index is 1370. The van der Waals surface area contributed by atoms with Crippen LogP contribution in [0.5, 0.6) is 0 Å². The molecule has 3 aromatic rings. The van der Waals surface area contributed by atoms with E-state index in [1.54, 1.807) is 0 Å². The maximum atomic E-state index is 13.9. The van der Waals surface area contributed by atoms with Gasteiger partial charge in [0.1, 0.15) is 6.29 Å². The highest BCUT2D eigenvalue weighted by atomic mass is 35.5. The molecule has 2 atom stereocenters. The van der Waals surface area contributed by atoms with E-state index >= 15 is 0 Å². The largest absolute Gasteiger partial charge is 0.478 e. The monoisotopic (exact) mass is 457 g/mol. The number of imide groups is 1. The molecular weight excluding hydrogens is 442 g/mol. The summed E-state index contributed by atoms with van der Waals surface area (Å²) in [7, 11) is 0. The fraction of sp³-hybridized carbons (Fsp3) is 0.154. The zero-order chi connectivity index (χ0) is 23.1. The standard InChI is InChI=1S/C26H16ClNO5/c27-19-10-9-13(11-16(19)25(32)33)28-23(30)21-20-14-5-1-3-7-17(14)26(12-29,22(21)24(28)31)18-8-4-2-6-15(18)20/h1-12,20-22H,(H,32,33)/t20?,21-,22-,26?/m1/s1. The fourth-order valence-electron chi connectivity index (χ4n) is 6.10. The van der Waals surface area contributed by atoms with Crippen molar-refractivity contribution in [1.82, 2.24) is 0 Å². The first-order valence-electron chi connectivity index (χ1n) is 10.5. The van der Waals surface area contributed by atoms with Gasteiger partial charge >= 0.3 is 5.97 Å². The second-order valence-electron chi connectivity index (χ2n) is 8.62. The summed E-state index contributed by atoms with van der Waals surface area (Å²) in [4.78, 5) is 53.2. The molecule has 2 bridgehead atoms. The average molecular weight is 458 g/mol. The molecule has 7 heteroatoms. The van der Waals surface area contributed by atoms with Gasteiger partial charge < -0.3 is 9.90 Å². The smallest absolute Gasteiger partial charge is 0.337 e. The molecule has 1 fully saturated rings. The lowest BCUT2D eigenvalue weighted by molar-refractivity contribution is -0.128. The summed E-state index contributed by atoms with van der Waals surface area (Å²) in [6.45, 7) is 0. The Morgan fingerprint density at radius 3 is 2.12 bits per heavy atom. The van der Waals surface area contributed by atoms with Gasteiger partial charge in [-0.05, 0) is 40.5 Å². The Balaban J connectivity index is 1.61. The molecule has 0 radical (unpaired) electrons. The molecule has 2 amide bonds. The van der Waals surface area contributed by atoms with Crippen LogP contribution in [0.2, 0.25) is 5.02 Å². The number of carbonyl (C=O) groups is 4. The van der Waals surface area contributed by atoms with Crippen molar-refractivity contribution in [2.45, 2.75) is 11.3 Å². The number of nitrogens with zero attached hydrogens (tertiary/aromatic N) is 1. The molecule has 6 nitrogen and oxygen atoms in total. The predicted octanol–water partition coefficient (Wildman–Crippen LogP) is 3.79. The van der Waals surface area contributed by atoms with Crippen molar-refractivity contribution in [3.8, 4) is 0 Å². The van der Waals surface area contributed by atoms with Crippen LogP contribution in [0, 0.1) is 11.8 Å². The van der Waals surface area contributed by atoms with Gasteiger partial charge in [-0.1, -0.05) is 60.1 Å². The van der Waals surface area contributed by atoms with Crippen molar-refractivity contribution >= 4 is 41.4 Å². The van der Waals surface area contributed by atoms with E-state index in [0.29, 0.717) is 0 Å². The van der Waals surface area contributed by atoms with Gasteiger partial charge in [-0.25, -0.2) is 9.69 Å². The number of rotatable bonds is 3. The molecule has 1 N–H and O–H groups in total. The van der Waals surface area contributed by atoms with Gasteiger partial charge in [0.25, 0.3) is 0 Å². The van der Waals surface area contributed by atoms with Crippen LogP contribution < -0.4 is 4.90 Å². The summed E-state index contributed by atoms with van der Waals surface area (Å²) >= 11 is 6.00. The van der Waals surface area contributed by atoms with Crippen molar-refractivity contribution < 1.29 is 24.3 Å². The number of anilines is 1. The van der Waals surface area contributed by atoms with E-state index in [9.17, 15) is 24.3 Å². The lowest BCUT2D eigenvalue weighted by atomic mass is 9.48. The fourth-order valence-corrected chi connectivity index (χ4v) is 6.30. The van der Waals surface area contributed by atoms with Crippen LogP contribution in [0.15, 0.2) is 66.7 Å². The normalized spacial score (nSPS) is 26.6. The molecular formula is C26H16ClNO5. The van der Waals surface area contributed by atoms with Gasteiger partial charge in [-0.3, -0.25) is 9.59 Å². The second-order valence-corrected chi connectivity index (χ2v) is 9.03. The number of aromatic carboxylic acids is 1. The number of carboxylic acid groups (broad SMARTS) is 1. The zero-order valence-electron chi connectivity index (χ0n) is 17.1. The molecule has 33 heavy (non-hydrogen) atoms. The summed E-state index contributed by atoms with van der Waals surface area (Å²) in [6, 6.07) is 19.0. The third-order valence-corrected chi connectivity index (χ3v) is 7.64. The van der Waals surface area contributed by atoms with Crippen molar-refractivity contribution in [2.24, 2.45) is 11.8 Å². The van der Waals surface area contributed by atoms with Crippen LogP contribution in [0.3, 0.4) is 0 Å². The van der Waals surface area contributed by atoms with Crippen molar-refractivity contribution in [1.29, 1.82) is 0 Å². The number of aldehydes is 1. The van der Waals surface area contributed by atoms with E-state index in [4.69, 9.17) is 11.6 Å². The molecule has 0 unspecified atom stereocenters. The molecule has 4 aliphatic rings. The second kappa shape index (κ2) is 6.62. The number of hydrogen-bond acceptors (Lipinski definition) is 4. The number of carbonyl (C=O) groups excluding carboxylic acids is 3. The quantitative estimate of drug-likeness (QED) is 0.477. The molecule has 0 saturated carbocycles. The first kappa shape index (κ1) is 19.9. The Kier molecular flexibility index (Phi) is 3.99. The summed E-state index contributed by atoms with van der Waals surface area (Å²) in [5, 5.41) is 9.47. The molecule has 0 spiro atoms. The minimum absolute atomic E-state index is 0.00648. The van der Waals surface area contributed by atoms with E-state index in [-0.39, 0.29) is 22.2 Å². The van der Waals surface area contributed by atoms with Gasteiger partial charge in [0.05, 0.1) is 33.5 Å².